The highest BCUT2D eigenvalue weighted by Crippen LogP contribution is 2.07. The molecular weight excluding hydrogens is 164 g/mol. The van der Waals surface area contributed by atoms with Crippen molar-refractivity contribution in [1.82, 2.24) is 10.2 Å². The Morgan fingerprint density at radius 3 is 2.62 bits per heavy atom. The Hall–Kier alpha value is -0.120. The van der Waals surface area contributed by atoms with Gasteiger partial charge in [0.15, 0.2) is 0 Å². The van der Waals surface area contributed by atoms with Crippen LogP contribution in [0.15, 0.2) is 0 Å². The van der Waals surface area contributed by atoms with Gasteiger partial charge < -0.3 is 15.3 Å². The van der Waals surface area contributed by atoms with Crippen LogP contribution in [0.4, 0.5) is 0 Å². The summed E-state index contributed by atoms with van der Waals surface area (Å²) in [6.45, 7) is 6.86. The second-order valence-electron chi connectivity index (χ2n) is 3.84. The van der Waals surface area contributed by atoms with Crippen LogP contribution in [0, 0.1) is 0 Å². The number of aliphatic hydroxyl groups excluding tert-OH is 1. The van der Waals surface area contributed by atoms with Gasteiger partial charge >= 0.3 is 0 Å². The van der Waals surface area contributed by atoms with E-state index < -0.39 is 0 Å². The summed E-state index contributed by atoms with van der Waals surface area (Å²) in [5, 5.41) is 12.5. The third kappa shape index (κ3) is 4.07. The van der Waals surface area contributed by atoms with Crippen LogP contribution in [0.1, 0.15) is 26.2 Å². The van der Waals surface area contributed by atoms with Gasteiger partial charge in [-0.1, -0.05) is 6.92 Å². The fourth-order valence-electron chi connectivity index (χ4n) is 1.81. The molecule has 1 unspecified atom stereocenters. The number of likely N-dealkylation sites (tertiary alicyclic amines) is 1. The summed E-state index contributed by atoms with van der Waals surface area (Å²) in [5.74, 6) is 0. The molecule has 0 saturated carbocycles. The van der Waals surface area contributed by atoms with Crippen molar-refractivity contribution in [3.05, 3.63) is 0 Å². The SMILES string of the molecule is CCCNC(CO)CN1CCCC1. The smallest absolute Gasteiger partial charge is 0.0597 e. The second kappa shape index (κ2) is 6.35. The van der Waals surface area contributed by atoms with Gasteiger partial charge in [-0.2, -0.15) is 0 Å². The molecule has 0 aromatic rings. The lowest BCUT2D eigenvalue weighted by atomic mass is 10.3. The number of hydrogen-bond donors (Lipinski definition) is 2. The standard InChI is InChI=1S/C10H22N2O/c1-2-5-11-10(9-13)8-12-6-3-4-7-12/h10-11,13H,2-9H2,1H3. The van der Waals surface area contributed by atoms with Crippen molar-refractivity contribution in [3.63, 3.8) is 0 Å². The first-order valence-electron chi connectivity index (χ1n) is 5.43. The van der Waals surface area contributed by atoms with Gasteiger partial charge in [0.25, 0.3) is 0 Å². The maximum Gasteiger partial charge on any atom is 0.0597 e. The van der Waals surface area contributed by atoms with Crippen molar-refractivity contribution in [3.8, 4) is 0 Å². The molecule has 1 fully saturated rings. The van der Waals surface area contributed by atoms with Gasteiger partial charge in [0.05, 0.1) is 6.61 Å². The van der Waals surface area contributed by atoms with E-state index in [1.54, 1.807) is 0 Å². The molecule has 3 nitrogen and oxygen atoms in total. The molecular formula is C10H22N2O. The van der Waals surface area contributed by atoms with Crippen LogP contribution in [-0.2, 0) is 0 Å². The first-order valence-corrected chi connectivity index (χ1v) is 5.43. The second-order valence-corrected chi connectivity index (χ2v) is 3.84. The van der Waals surface area contributed by atoms with Crippen LogP contribution in [0.5, 0.6) is 0 Å². The maximum absolute atomic E-state index is 9.12. The average molecular weight is 186 g/mol. The Kier molecular flexibility index (Phi) is 5.35. The van der Waals surface area contributed by atoms with Crippen LogP contribution in [0.3, 0.4) is 0 Å². The fourth-order valence-corrected chi connectivity index (χ4v) is 1.81. The van der Waals surface area contributed by atoms with Gasteiger partial charge in [-0.15, -0.1) is 0 Å². The molecule has 3 heteroatoms. The lowest BCUT2D eigenvalue weighted by Crippen LogP contribution is -2.42. The molecule has 0 aromatic carbocycles. The molecule has 2 N–H and O–H groups in total. The van der Waals surface area contributed by atoms with Gasteiger partial charge in [0.2, 0.25) is 0 Å². The number of rotatable bonds is 6. The predicted molar refractivity (Wildman–Crippen MR) is 54.8 cm³/mol. The van der Waals surface area contributed by atoms with E-state index in [1.807, 2.05) is 0 Å². The number of nitrogens with one attached hydrogen (secondary N) is 1. The van der Waals surface area contributed by atoms with Gasteiger partial charge in [-0.3, -0.25) is 0 Å². The zero-order valence-electron chi connectivity index (χ0n) is 8.63. The molecule has 0 radical (unpaired) electrons. The van der Waals surface area contributed by atoms with Crippen molar-refractivity contribution < 1.29 is 5.11 Å². The minimum Gasteiger partial charge on any atom is -0.395 e. The third-order valence-electron chi connectivity index (χ3n) is 2.58. The topological polar surface area (TPSA) is 35.5 Å². The number of hydrogen-bond acceptors (Lipinski definition) is 3. The molecule has 1 atom stereocenters. The maximum atomic E-state index is 9.12. The molecule has 1 aliphatic heterocycles. The largest absolute Gasteiger partial charge is 0.395 e. The van der Waals surface area contributed by atoms with Crippen LogP contribution in [0.2, 0.25) is 0 Å². The third-order valence-corrected chi connectivity index (χ3v) is 2.58. The highest BCUT2D eigenvalue weighted by molar-refractivity contribution is 4.74. The number of nitrogens with zero attached hydrogens (tertiary/aromatic N) is 1. The van der Waals surface area contributed by atoms with Gasteiger partial charge in [-0.05, 0) is 38.9 Å². The Morgan fingerprint density at radius 2 is 2.08 bits per heavy atom. The van der Waals surface area contributed by atoms with Crippen molar-refractivity contribution in [2.45, 2.75) is 32.2 Å². The van der Waals surface area contributed by atoms with Crippen molar-refractivity contribution >= 4 is 0 Å². The van der Waals surface area contributed by atoms with Crippen LogP contribution >= 0.6 is 0 Å². The first-order chi connectivity index (χ1) is 6.36. The summed E-state index contributed by atoms with van der Waals surface area (Å²) in [7, 11) is 0. The molecule has 0 bridgehead atoms. The minimum atomic E-state index is 0.260. The molecule has 13 heavy (non-hydrogen) atoms. The van der Waals surface area contributed by atoms with Gasteiger partial charge in [0.1, 0.15) is 0 Å². The summed E-state index contributed by atoms with van der Waals surface area (Å²) in [4.78, 5) is 2.43. The van der Waals surface area contributed by atoms with Gasteiger partial charge in [0, 0.05) is 12.6 Å². The van der Waals surface area contributed by atoms with Gasteiger partial charge in [-0.25, -0.2) is 0 Å². The van der Waals surface area contributed by atoms with Crippen LogP contribution in [-0.4, -0.2) is 48.8 Å². The first kappa shape index (κ1) is 11.0. The molecule has 0 amide bonds. The molecule has 0 spiro atoms. The summed E-state index contributed by atoms with van der Waals surface area (Å²) in [6, 6.07) is 0.276. The fraction of sp³-hybridized carbons (Fsp3) is 1.00. The lowest BCUT2D eigenvalue weighted by Gasteiger charge is -2.22. The van der Waals surface area contributed by atoms with E-state index in [9.17, 15) is 0 Å². The Labute approximate surface area is 81.1 Å². The van der Waals surface area contributed by atoms with Crippen molar-refractivity contribution in [2.75, 3.05) is 32.8 Å². The van der Waals surface area contributed by atoms with Crippen LogP contribution < -0.4 is 5.32 Å². The minimum absolute atomic E-state index is 0.260. The summed E-state index contributed by atoms with van der Waals surface area (Å²) >= 11 is 0. The highest BCUT2D eigenvalue weighted by atomic mass is 16.3. The quantitative estimate of drug-likeness (QED) is 0.632. The molecule has 0 aliphatic carbocycles. The summed E-state index contributed by atoms with van der Waals surface area (Å²) in [5.41, 5.74) is 0. The zero-order chi connectivity index (χ0) is 9.52. The molecule has 0 aromatic heterocycles. The molecule has 1 heterocycles. The summed E-state index contributed by atoms with van der Waals surface area (Å²) in [6.07, 6.45) is 3.79. The van der Waals surface area contributed by atoms with Crippen LogP contribution in [0.25, 0.3) is 0 Å². The van der Waals surface area contributed by atoms with E-state index in [4.69, 9.17) is 5.11 Å². The zero-order valence-corrected chi connectivity index (χ0v) is 8.63. The van der Waals surface area contributed by atoms with E-state index in [2.05, 4.69) is 17.1 Å². The Bertz CT molecular complexity index is 124. The van der Waals surface area contributed by atoms with E-state index in [0.717, 1.165) is 19.5 Å². The van der Waals surface area contributed by atoms with E-state index >= 15 is 0 Å². The van der Waals surface area contributed by atoms with Crippen molar-refractivity contribution in [2.24, 2.45) is 0 Å². The van der Waals surface area contributed by atoms with E-state index in [-0.39, 0.29) is 12.6 Å². The molecule has 1 rings (SSSR count). The Balaban J connectivity index is 2.13. The Morgan fingerprint density at radius 1 is 1.38 bits per heavy atom. The highest BCUT2D eigenvalue weighted by Gasteiger charge is 2.15. The normalized spacial score (nSPS) is 20.8. The molecule has 1 aliphatic rings. The van der Waals surface area contributed by atoms with E-state index in [1.165, 1.54) is 25.9 Å². The molecule has 78 valence electrons. The average Bonchev–Trinajstić information content (AvgIpc) is 2.64. The van der Waals surface area contributed by atoms with Crippen molar-refractivity contribution in [1.29, 1.82) is 0 Å². The lowest BCUT2D eigenvalue weighted by molar-refractivity contribution is 0.198. The number of aliphatic hydroxyl groups is 1. The molecule has 1 saturated heterocycles. The predicted octanol–water partition coefficient (Wildman–Crippen LogP) is 0.443. The van der Waals surface area contributed by atoms with E-state index in [0.29, 0.717) is 0 Å². The summed E-state index contributed by atoms with van der Waals surface area (Å²) < 4.78 is 0. The monoisotopic (exact) mass is 186 g/mol.